The molecule has 9 heteroatoms. The van der Waals surface area contributed by atoms with Gasteiger partial charge in [-0.15, -0.1) is 0 Å². The highest BCUT2D eigenvalue weighted by molar-refractivity contribution is 5.65. The van der Waals surface area contributed by atoms with E-state index in [9.17, 15) is 26.3 Å². The highest BCUT2D eigenvalue weighted by Gasteiger charge is 2.39. The highest BCUT2D eigenvalue weighted by atomic mass is 19.4. The molecule has 3 rings (SSSR count). The summed E-state index contributed by atoms with van der Waals surface area (Å²) in [5, 5.41) is 3.33. The Balaban J connectivity index is 2.16. The monoisotopic (exact) mass is 357 g/mol. The van der Waals surface area contributed by atoms with Crippen molar-refractivity contribution in [2.24, 2.45) is 0 Å². The largest absolute Gasteiger partial charge is 0.435 e. The maximum Gasteiger partial charge on any atom is 0.435 e. The first-order valence-electron chi connectivity index (χ1n) is 6.84. The lowest BCUT2D eigenvalue weighted by Crippen LogP contribution is -2.17. The fourth-order valence-electron chi connectivity index (χ4n) is 2.39. The molecular weight excluding hydrogens is 348 g/mol. The Hall–Kier alpha value is -2.97. The number of nitrogen functional groups attached to an aromatic ring is 1. The summed E-state index contributed by atoms with van der Waals surface area (Å²) in [7, 11) is 0. The number of nitrogens with zero attached hydrogens (tertiary/aromatic N) is 2. The molecule has 1 heterocycles. The van der Waals surface area contributed by atoms with Crippen LogP contribution < -0.4 is 5.73 Å². The van der Waals surface area contributed by atoms with Crippen molar-refractivity contribution in [2.75, 3.05) is 5.73 Å². The molecule has 0 saturated heterocycles. The third kappa shape index (κ3) is 3.04. The number of nitrogens with two attached hydrogens (primary N) is 1. The quantitative estimate of drug-likeness (QED) is 0.684. The standard InChI is InChI=1S/C16H9F6N3/c17-10-3-1-8(2-4-10)9-5-11(18)14(12(19)6-9)25-15(16(20,21)22)13(23)7-24-25/h1-7H,23H2. The molecule has 3 nitrogen and oxygen atoms in total. The summed E-state index contributed by atoms with van der Waals surface area (Å²) < 4.78 is 80.9. The Labute approximate surface area is 137 Å². The first-order valence-corrected chi connectivity index (χ1v) is 6.84. The van der Waals surface area contributed by atoms with E-state index in [1.54, 1.807) is 0 Å². The summed E-state index contributed by atoms with van der Waals surface area (Å²) in [5.41, 5.74) is 2.31. The van der Waals surface area contributed by atoms with E-state index in [1.165, 1.54) is 12.1 Å². The number of anilines is 1. The third-order valence-corrected chi connectivity index (χ3v) is 3.47. The van der Waals surface area contributed by atoms with Gasteiger partial charge in [0.2, 0.25) is 0 Å². The van der Waals surface area contributed by atoms with Gasteiger partial charge in [0.05, 0.1) is 11.9 Å². The van der Waals surface area contributed by atoms with Crippen LogP contribution in [-0.2, 0) is 6.18 Å². The summed E-state index contributed by atoms with van der Waals surface area (Å²) in [6.07, 6.45) is -4.29. The van der Waals surface area contributed by atoms with Crippen LogP contribution in [0.2, 0.25) is 0 Å². The van der Waals surface area contributed by atoms with Crippen LogP contribution in [0.15, 0.2) is 42.6 Å². The van der Waals surface area contributed by atoms with E-state index in [2.05, 4.69) is 5.10 Å². The number of rotatable bonds is 2. The Morgan fingerprint density at radius 3 is 1.96 bits per heavy atom. The van der Waals surface area contributed by atoms with Gasteiger partial charge in [-0.25, -0.2) is 17.9 Å². The van der Waals surface area contributed by atoms with Crippen LogP contribution in [0.5, 0.6) is 0 Å². The zero-order valence-electron chi connectivity index (χ0n) is 12.3. The molecule has 1 aromatic heterocycles. The van der Waals surface area contributed by atoms with Gasteiger partial charge in [-0.3, -0.25) is 0 Å². The first-order chi connectivity index (χ1) is 11.7. The van der Waals surface area contributed by atoms with Gasteiger partial charge in [-0.05, 0) is 35.4 Å². The van der Waals surface area contributed by atoms with Crippen molar-refractivity contribution in [2.45, 2.75) is 6.18 Å². The van der Waals surface area contributed by atoms with E-state index in [-0.39, 0.29) is 10.2 Å². The molecule has 2 aromatic carbocycles. The second kappa shape index (κ2) is 5.83. The lowest BCUT2D eigenvalue weighted by atomic mass is 10.0. The van der Waals surface area contributed by atoms with Crippen LogP contribution in [0.3, 0.4) is 0 Å². The predicted molar refractivity (Wildman–Crippen MR) is 78.3 cm³/mol. The predicted octanol–water partition coefficient (Wildman–Crippen LogP) is 4.56. The summed E-state index contributed by atoms with van der Waals surface area (Å²) in [6, 6.07) is 6.43. The highest BCUT2D eigenvalue weighted by Crippen LogP contribution is 2.36. The summed E-state index contributed by atoms with van der Waals surface area (Å²) in [4.78, 5) is 0. The van der Waals surface area contributed by atoms with Crippen molar-refractivity contribution < 1.29 is 26.3 Å². The molecule has 0 unspecified atom stereocenters. The van der Waals surface area contributed by atoms with E-state index in [0.29, 0.717) is 11.8 Å². The molecular formula is C16H9F6N3. The van der Waals surface area contributed by atoms with E-state index in [1.807, 2.05) is 0 Å². The number of benzene rings is 2. The minimum absolute atomic E-state index is 0.0347. The van der Waals surface area contributed by atoms with Gasteiger partial charge < -0.3 is 5.73 Å². The molecule has 0 bridgehead atoms. The second-order valence-corrected chi connectivity index (χ2v) is 5.15. The molecule has 0 amide bonds. The van der Waals surface area contributed by atoms with Gasteiger partial charge in [-0.1, -0.05) is 12.1 Å². The lowest BCUT2D eigenvalue weighted by molar-refractivity contribution is -0.142. The van der Waals surface area contributed by atoms with Crippen molar-refractivity contribution in [3.63, 3.8) is 0 Å². The van der Waals surface area contributed by atoms with Gasteiger partial charge in [0, 0.05) is 0 Å². The topological polar surface area (TPSA) is 43.8 Å². The first kappa shape index (κ1) is 16.9. The fraction of sp³-hybridized carbons (Fsp3) is 0.0625. The molecule has 25 heavy (non-hydrogen) atoms. The zero-order valence-corrected chi connectivity index (χ0v) is 12.3. The molecule has 0 radical (unpaired) electrons. The SMILES string of the molecule is Nc1cnn(-c2c(F)cc(-c3ccc(F)cc3)cc2F)c1C(F)(F)F. The Morgan fingerprint density at radius 1 is 0.880 bits per heavy atom. The molecule has 0 fully saturated rings. The zero-order chi connectivity index (χ0) is 18.4. The normalized spacial score (nSPS) is 11.8. The number of alkyl halides is 3. The fourth-order valence-corrected chi connectivity index (χ4v) is 2.39. The van der Waals surface area contributed by atoms with Gasteiger partial charge in [0.25, 0.3) is 0 Å². The van der Waals surface area contributed by atoms with Gasteiger partial charge in [0.1, 0.15) is 11.5 Å². The number of aromatic nitrogens is 2. The van der Waals surface area contributed by atoms with Crippen LogP contribution in [-0.4, -0.2) is 9.78 Å². The molecule has 3 aromatic rings. The Bertz CT molecular complexity index is 905. The van der Waals surface area contributed by atoms with Crippen molar-refractivity contribution >= 4 is 5.69 Å². The van der Waals surface area contributed by atoms with Crippen LogP contribution >= 0.6 is 0 Å². The number of hydrogen-bond donors (Lipinski definition) is 1. The van der Waals surface area contributed by atoms with Crippen LogP contribution in [0.4, 0.5) is 32.0 Å². The smallest absolute Gasteiger partial charge is 0.396 e. The molecule has 130 valence electrons. The van der Waals surface area contributed by atoms with Gasteiger partial charge >= 0.3 is 6.18 Å². The third-order valence-electron chi connectivity index (χ3n) is 3.47. The van der Waals surface area contributed by atoms with E-state index >= 15 is 0 Å². The molecule has 0 spiro atoms. The minimum Gasteiger partial charge on any atom is -0.396 e. The van der Waals surface area contributed by atoms with E-state index in [0.717, 1.165) is 24.3 Å². The summed E-state index contributed by atoms with van der Waals surface area (Å²) >= 11 is 0. The number of hydrogen-bond acceptors (Lipinski definition) is 2. The van der Waals surface area contributed by atoms with Gasteiger partial charge in [-0.2, -0.15) is 18.3 Å². The van der Waals surface area contributed by atoms with E-state index < -0.39 is 40.7 Å². The summed E-state index contributed by atoms with van der Waals surface area (Å²) in [6.45, 7) is 0. The minimum atomic E-state index is -4.95. The summed E-state index contributed by atoms with van der Waals surface area (Å²) in [5.74, 6) is -3.08. The molecule has 0 aliphatic rings. The van der Waals surface area contributed by atoms with Crippen LogP contribution in [0.1, 0.15) is 5.69 Å². The lowest BCUT2D eigenvalue weighted by Gasteiger charge is -2.13. The Morgan fingerprint density at radius 2 is 1.44 bits per heavy atom. The van der Waals surface area contributed by atoms with Gasteiger partial charge in [0.15, 0.2) is 17.3 Å². The average molecular weight is 357 g/mol. The molecule has 0 aliphatic heterocycles. The van der Waals surface area contributed by atoms with Crippen molar-refractivity contribution in [3.8, 4) is 16.8 Å². The average Bonchev–Trinajstić information content (AvgIpc) is 2.89. The maximum atomic E-state index is 14.4. The van der Waals surface area contributed by atoms with Crippen LogP contribution in [0, 0.1) is 17.5 Å². The maximum absolute atomic E-state index is 14.4. The Kier molecular flexibility index (Phi) is 3.94. The molecule has 0 atom stereocenters. The van der Waals surface area contributed by atoms with Crippen LogP contribution in [0.25, 0.3) is 16.8 Å². The molecule has 0 saturated carbocycles. The molecule has 2 N–H and O–H groups in total. The van der Waals surface area contributed by atoms with E-state index in [4.69, 9.17) is 5.73 Å². The second-order valence-electron chi connectivity index (χ2n) is 5.15. The molecule has 0 aliphatic carbocycles. The van der Waals surface area contributed by atoms with Crippen molar-refractivity contribution in [1.29, 1.82) is 0 Å². The van der Waals surface area contributed by atoms with Crippen molar-refractivity contribution in [3.05, 3.63) is 65.7 Å². The van der Waals surface area contributed by atoms with Crippen molar-refractivity contribution in [1.82, 2.24) is 9.78 Å². The number of halogens is 6.